The van der Waals surface area contributed by atoms with Crippen LogP contribution in [-0.2, 0) is 5.60 Å². The summed E-state index contributed by atoms with van der Waals surface area (Å²) in [4.78, 5) is 2.39. The quantitative estimate of drug-likeness (QED) is 0.847. The lowest BCUT2D eigenvalue weighted by Gasteiger charge is -2.42. The third-order valence-corrected chi connectivity index (χ3v) is 5.07. The molecule has 3 nitrogen and oxygen atoms in total. The molecule has 1 saturated heterocycles. The van der Waals surface area contributed by atoms with Gasteiger partial charge in [0.25, 0.3) is 0 Å². The molecule has 0 aliphatic carbocycles. The highest BCUT2D eigenvalue weighted by Gasteiger charge is 2.53. The van der Waals surface area contributed by atoms with Crippen LogP contribution in [0.2, 0.25) is 0 Å². The van der Waals surface area contributed by atoms with Crippen LogP contribution >= 0.6 is 0 Å². The molecule has 22 heavy (non-hydrogen) atoms. The zero-order valence-corrected chi connectivity index (χ0v) is 13.1. The number of fused-ring (bicyclic) bond motifs is 3. The Morgan fingerprint density at radius 1 is 1.14 bits per heavy atom. The van der Waals surface area contributed by atoms with Crippen molar-refractivity contribution in [1.29, 1.82) is 0 Å². The minimum atomic E-state index is -0.303. The molecule has 114 valence electrons. The number of likely N-dealkylation sites (tertiary alicyclic amines) is 1. The fourth-order valence-electron chi connectivity index (χ4n) is 3.98. The van der Waals surface area contributed by atoms with E-state index in [1.54, 1.807) is 7.11 Å². The number of hydrogen-bond acceptors (Lipinski definition) is 3. The second-order valence-electron chi connectivity index (χ2n) is 6.29. The van der Waals surface area contributed by atoms with E-state index in [0.717, 1.165) is 31.0 Å². The molecule has 0 aromatic heterocycles. The molecule has 0 saturated carbocycles. The molecule has 2 aromatic carbocycles. The molecule has 2 heterocycles. The van der Waals surface area contributed by atoms with E-state index in [1.807, 2.05) is 12.1 Å². The fourth-order valence-corrected chi connectivity index (χ4v) is 3.98. The number of hydrogen-bond donors (Lipinski definition) is 0. The standard InChI is InChI=1S/C19H21NO2/c1-20-12-11-19(15-8-4-6-10-18(15)21-2)16(13-20)14-7-3-5-9-17(14)22-19/h3-10,16H,11-13H2,1-2H3/t16-,19+/m1/s1. The monoisotopic (exact) mass is 295 g/mol. The smallest absolute Gasteiger partial charge is 0.147 e. The van der Waals surface area contributed by atoms with E-state index in [9.17, 15) is 0 Å². The third-order valence-electron chi connectivity index (χ3n) is 5.07. The molecule has 0 N–H and O–H groups in total. The minimum absolute atomic E-state index is 0.303. The summed E-state index contributed by atoms with van der Waals surface area (Å²) in [5.74, 6) is 2.29. The van der Waals surface area contributed by atoms with Crippen molar-refractivity contribution in [3.63, 3.8) is 0 Å². The zero-order chi connectivity index (χ0) is 15.2. The summed E-state index contributed by atoms with van der Waals surface area (Å²) in [6.07, 6.45) is 0.975. The highest BCUT2D eigenvalue weighted by Crippen LogP contribution is 2.55. The summed E-state index contributed by atoms with van der Waals surface area (Å²) in [5, 5.41) is 0. The molecule has 4 rings (SSSR count). The average Bonchev–Trinajstić information content (AvgIpc) is 2.90. The van der Waals surface area contributed by atoms with E-state index in [1.165, 1.54) is 11.1 Å². The maximum Gasteiger partial charge on any atom is 0.147 e. The first-order chi connectivity index (χ1) is 10.7. The van der Waals surface area contributed by atoms with Crippen LogP contribution in [0.15, 0.2) is 48.5 Å². The number of likely N-dealkylation sites (N-methyl/N-ethyl adjacent to an activating group) is 1. The third kappa shape index (κ3) is 1.85. The number of para-hydroxylation sites is 2. The Balaban J connectivity index is 1.89. The van der Waals surface area contributed by atoms with Gasteiger partial charge in [-0.05, 0) is 19.2 Å². The summed E-state index contributed by atoms with van der Waals surface area (Å²) >= 11 is 0. The Morgan fingerprint density at radius 2 is 1.91 bits per heavy atom. The van der Waals surface area contributed by atoms with Crippen molar-refractivity contribution in [1.82, 2.24) is 4.90 Å². The summed E-state index contributed by atoms with van der Waals surface area (Å²) < 4.78 is 12.2. The van der Waals surface area contributed by atoms with Gasteiger partial charge in [0.15, 0.2) is 0 Å². The van der Waals surface area contributed by atoms with Crippen molar-refractivity contribution in [2.24, 2.45) is 0 Å². The topological polar surface area (TPSA) is 21.7 Å². The van der Waals surface area contributed by atoms with Crippen LogP contribution in [0.4, 0.5) is 0 Å². The van der Waals surface area contributed by atoms with Crippen LogP contribution in [0.5, 0.6) is 11.5 Å². The van der Waals surface area contributed by atoms with Crippen molar-refractivity contribution in [3.05, 3.63) is 59.7 Å². The number of rotatable bonds is 2. The first kappa shape index (κ1) is 13.6. The summed E-state index contributed by atoms with van der Waals surface area (Å²) in [5.41, 5.74) is 2.19. The van der Waals surface area contributed by atoms with E-state index in [2.05, 4.69) is 48.3 Å². The van der Waals surface area contributed by atoms with Crippen molar-refractivity contribution < 1.29 is 9.47 Å². The van der Waals surface area contributed by atoms with E-state index in [0.29, 0.717) is 5.92 Å². The molecular formula is C19H21NO2. The van der Waals surface area contributed by atoms with Crippen molar-refractivity contribution >= 4 is 0 Å². The zero-order valence-electron chi connectivity index (χ0n) is 13.1. The van der Waals surface area contributed by atoms with Gasteiger partial charge in [0.05, 0.1) is 7.11 Å². The molecule has 0 bridgehead atoms. The van der Waals surface area contributed by atoms with Gasteiger partial charge in [0.1, 0.15) is 17.1 Å². The SMILES string of the molecule is COc1ccccc1[C@@]12CCN(C)C[C@@H]1c1ccccc1O2. The van der Waals surface area contributed by atoms with Gasteiger partial charge in [-0.2, -0.15) is 0 Å². The predicted molar refractivity (Wildman–Crippen MR) is 86.6 cm³/mol. The summed E-state index contributed by atoms with van der Waals surface area (Å²) in [6, 6.07) is 16.7. The highest BCUT2D eigenvalue weighted by atomic mass is 16.5. The lowest BCUT2D eigenvalue weighted by atomic mass is 9.74. The molecule has 2 aliphatic rings. The van der Waals surface area contributed by atoms with Gasteiger partial charge >= 0.3 is 0 Å². The summed E-state index contributed by atoms with van der Waals surface area (Å²) in [7, 11) is 3.93. The maximum absolute atomic E-state index is 6.57. The Hall–Kier alpha value is -2.00. The molecule has 1 fully saturated rings. The molecule has 0 amide bonds. The fraction of sp³-hybridized carbons (Fsp3) is 0.368. The molecule has 2 aliphatic heterocycles. The Morgan fingerprint density at radius 3 is 2.77 bits per heavy atom. The van der Waals surface area contributed by atoms with E-state index < -0.39 is 0 Å². The average molecular weight is 295 g/mol. The largest absolute Gasteiger partial charge is 0.496 e. The second kappa shape index (κ2) is 5.03. The van der Waals surface area contributed by atoms with E-state index >= 15 is 0 Å². The normalized spacial score (nSPS) is 26.9. The van der Waals surface area contributed by atoms with Gasteiger partial charge in [-0.3, -0.25) is 0 Å². The van der Waals surface area contributed by atoms with Crippen molar-refractivity contribution in [3.8, 4) is 11.5 Å². The number of nitrogens with zero attached hydrogens (tertiary/aromatic N) is 1. The van der Waals surface area contributed by atoms with Crippen LogP contribution in [0, 0.1) is 0 Å². The molecule has 0 spiro atoms. The van der Waals surface area contributed by atoms with Crippen LogP contribution in [0.25, 0.3) is 0 Å². The van der Waals surface area contributed by atoms with E-state index in [4.69, 9.17) is 9.47 Å². The van der Waals surface area contributed by atoms with Crippen molar-refractivity contribution in [2.45, 2.75) is 17.9 Å². The molecular weight excluding hydrogens is 274 g/mol. The van der Waals surface area contributed by atoms with Gasteiger partial charge in [-0.15, -0.1) is 0 Å². The number of benzene rings is 2. The van der Waals surface area contributed by atoms with Gasteiger partial charge < -0.3 is 14.4 Å². The summed E-state index contributed by atoms with van der Waals surface area (Å²) in [6.45, 7) is 2.04. The van der Waals surface area contributed by atoms with Crippen LogP contribution in [0.3, 0.4) is 0 Å². The Kier molecular flexibility index (Phi) is 3.12. The van der Waals surface area contributed by atoms with Gasteiger partial charge in [0.2, 0.25) is 0 Å². The molecule has 2 atom stereocenters. The van der Waals surface area contributed by atoms with Crippen molar-refractivity contribution in [2.75, 3.05) is 27.2 Å². The van der Waals surface area contributed by atoms with Gasteiger partial charge in [0, 0.05) is 36.6 Å². The van der Waals surface area contributed by atoms with Gasteiger partial charge in [-0.1, -0.05) is 36.4 Å². The van der Waals surface area contributed by atoms with Crippen LogP contribution in [-0.4, -0.2) is 32.1 Å². The lowest BCUT2D eigenvalue weighted by molar-refractivity contribution is 0.00521. The van der Waals surface area contributed by atoms with E-state index in [-0.39, 0.29) is 5.60 Å². The van der Waals surface area contributed by atoms with Crippen LogP contribution < -0.4 is 9.47 Å². The number of ether oxygens (including phenoxy) is 2. The Labute approximate surface area is 131 Å². The number of piperidine rings is 1. The molecule has 0 unspecified atom stereocenters. The number of methoxy groups -OCH3 is 1. The molecule has 2 aromatic rings. The Bertz CT molecular complexity index is 699. The first-order valence-corrected chi connectivity index (χ1v) is 7.84. The minimum Gasteiger partial charge on any atom is -0.496 e. The molecule has 0 radical (unpaired) electrons. The predicted octanol–water partition coefficient (Wildman–Crippen LogP) is 3.40. The molecule has 3 heteroatoms. The maximum atomic E-state index is 6.57. The first-order valence-electron chi connectivity index (χ1n) is 7.84. The van der Waals surface area contributed by atoms with Gasteiger partial charge in [-0.25, -0.2) is 0 Å². The highest BCUT2D eigenvalue weighted by molar-refractivity contribution is 5.50. The lowest BCUT2D eigenvalue weighted by Crippen LogP contribution is -2.47. The second-order valence-corrected chi connectivity index (χ2v) is 6.29. The van der Waals surface area contributed by atoms with Crippen LogP contribution in [0.1, 0.15) is 23.5 Å².